The van der Waals surface area contributed by atoms with Gasteiger partial charge in [0.15, 0.2) is 0 Å². The van der Waals surface area contributed by atoms with Gasteiger partial charge in [0.2, 0.25) is 0 Å². The molecule has 1 fully saturated rings. The van der Waals surface area contributed by atoms with Crippen molar-refractivity contribution in [2.75, 3.05) is 33.4 Å². The number of benzene rings is 1. The quantitative estimate of drug-likeness (QED) is 0.462. The van der Waals surface area contributed by atoms with E-state index < -0.39 is 0 Å². The number of aryl methyl sites for hydroxylation is 1. The van der Waals surface area contributed by atoms with Gasteiger partial charge in [-0.1, -0.05) is 6.07 Å². The molecule has 1 amide bonds. The molecular formula is C23H28N5O3+. The number of quaternary nitrogens is 1. The Morgan fingerprint density at radius 1 is 1.29 bits per heavy atom. The average molecular weight is 423 g/mol. The summed E-state index contributed by atoms with van der Waals surface area (Å²) in [6.07, 6.45) is 1.82. The van der Waals surface area contributed by atoms with Crippen molar-refractivity contribution in [3.8, 4) is 5.75 Å². The first-order valence-corrected chi connectivity index (χ1v) is 10.4. The summed E-state index contributed by atoms with van der Waals surface area (Å²) in [6.45, 7) is 8.10. The number of nitrogens with one attached hydrogen (secondary N) is 2. The van der Waals surface area contributed by atoms with Gasteiger partial charge in [-0.05, 0) is 49.7 Å². The van der Waals surface area contributed by atoms with E-state index in [-0.39, 0.29) is 5.91 Å². The molecule has 8 nitrogen and oxygen atoms in total. The fraction of sp³-hybridized carbons (Fsp3) is 0.348. The van der Waals surface area contributed by atoms with Crippen molar-refractivity contribution in [2.45, 2.75) is 20.4 Å². The Kier molecular flexibility index (Phi) is 6.29. The average Bonchev–Trinajstić information content (AvgIpc) is 3.13. The number of pyridine rings is 1. The molecule has 0 saturated carbocycles. The van der Waals surface area contributed by atoms with Gasteiger partial charge in [0.05, 0.1) is 31.7 Å². The van der Waals surface area contributed by atoms with Crippen molar-refractivity contribution in [3.05, 3.63) is 65.1 Å². The SMILES string of the molecule is COc1ccc(/C(C)=N\NC(=O)c2c(C)nc3ccccn23)cc1C[NH+]1CCOCC1. The van der Waals surface area contributed by atoms with Crippen LogP contribution in [0.25, 0.3) is 5.65 Å². The van der Waals surface area contributed by atoms with E-state index in [0.29, 0.717) is 11.4 Å². The molecule has 31 heavy (non-hydrogen) atoms. The molecule has 0 unspecified atom stereocenters. The van der Waals surface area contributed by atoms with Crippen LogP contribution in [-0.4, -0.2) is 54.4 Å². The lowest BCUT2D eigenvalue weighted by Crippen LogP contribution is -3.12. The van der Waals surface area contributed by atoms with Crippen molar-refractivity contribution in [1.82, 2.24) is 14.8 Å². The predicted octanol–water partition coefficient (Wildman–Crippen LogP) is 1.22. The number of aromatic nitrogens is 2. The maximum Gasteiger partial charge on any atom is 0.290 e. The van der Waals surface area contributed by atoms with Crippen molar-refractivity contribution in [2.24, 2.45) is 5.10 Å². The van der Waals surface area contributed by atoms with Gasteiger partial charge in [0, 0.05) is 11.8 Å². The summed E-state index contributed by atoms with van der Waals surface area (Å²) < 4.78 is 12.8. The maximum absolute atomic E-state index is 12.8. The fourth-order valence-corrected chi connectivity index (χ4v) is 3.89. The van der Waals surface area contributed by atoms with Crippen LogP contribution in [-0.2, 0) is 11.3 Å². The van der Waals surface area contributed by atoms with Gasteiger partial charge in [-0.15, -0.1) is 0 Å². The number of methoxy groups -OCH3 is 1. The van der Waals surface area contributed by atoms with Crippen LogP contribution < -0.4 is 15.1 Å². The summed E-state index contributed by atoms with van der Waals surface area (Å²) in [5.41, 5.74) is 7.35. The first-order valence-electron chi connectivity index (χ1n) is 10.4. The van der Waals surface area contributed by atoms with Crippen molar-refractivity contribution in [1.29, 1.82) is 0 Å². The number of rotatable bonds is 6. The van der Waals surface area contributed by atoms with Crippen LogP contribution in [0.15, 0.2) is 47.7 Å². The molecule has 162 valence electrons. The van der Waals surface area contributed by atoms with E-state index in [0.717, 1.165) is 61.1 Å². The molecule has 1 aliphatic heterocycles. The van der Waals surface area contributed by atoms with Crippen LogP contribution >= 0.6 is 0 Å². The highest BCUT2D eigenvalue weighted by Gasteiger charge is 2.18. The molecule has 4 rings (SSSR count). The van der Waals surface area contributed by atoms with Gasteiger partial charge in [-0.25, -0.2) is 10.4 Å². The highest BCUT2D eigenvalue weighted by atomic mass is 16.5. The third-order valence-electron chi connectivity index (χ3n) is 5.58. The second kappa shape index (κ2) is 9.28. The van der Waals surface area contributed by atoms with Gasteiger partial charge in [-0.3, -0.25) is 9.20 Å². The van der Waals surface area contributed by atoms with E-state index in [1.54, 1.807) is 11.5 Å². The highest BCUT2D eigenvalue weighted by Crippen LogP contribution is 2.20. The number of morpholine rings is 1. The molecule has 1 aromatic carbocycles. The number of hydrogen-bond donors (Lipinski definition) is 2. The molecule has 2 N–H and O–H groups in total. The Hall–Kier alpha value is -3.23. The minimum absolute atomic E-state index is 0.290. The summed E-state index contributed by atoms with van der Waals surface area (Å²) in [6, 6.07) is 11.6. The molecule has 3 heterocycles. The minimum Gasteiger partial charge on any atom is -0.496 e. The molecule has 3 aromatic rings. The minimum atomic E-state index is -0.290. The van der Waals surface area contributed by atoms with Crippen LogP contribution in [0.5, 0.6) is 5.75 Å². The Bertz CT molecular complexity index is 1120. The molecule has 8 heteroatoms. The Labute approximate surface area is 181 Å². The van der Waals surface area contributed by atoms with Gasteiger partial charge in [0.25, 0.3) is 5.91 Å². The van der Waals surface area contributed by atoms with Crippen LogP contribution in [0.2, 0.25) is 0 Å². The third kappa shape index (κ3) is 4.60. The summed E-state index contributed by atoms with van der Waals surface area (Å²) in [5.74, 6) is 0.572. The van der Waals surface area contributed by atoms with Crippen LogP contribution in [0.3, 0.4) is 0 Å². The van der Waals surface area contributed by atoms with E-state index in [2.05, 4.69) is 21.6 Å². The van der Waals surface area contributed by atoms with E-state index in [9.17, 15) is 4.79 Å². The lowest BCUT2D eigenvalue weighted by atomic mass is 10.1. The van der Waals surface area contributed by atoms with Gasteiger partial charge in [0.1, 0.15) is 36.7 Å². The molecule has 0 aliphatic carbocycles. The molecule has 0 spiro atoms. The number of fused-ring (bicyclic) bond motifs is 1. The van der Waals surface area contributed by atoms with Gasteiger partial charge in [-0.2, -0.15) is 5.10 Å². The zero-order valence-electron chi connectivity index (χ0n) is 18.1. The summed E-state index contributed by atoms with van der Waals surface area (Å²) >= 11 is 0. The molecule has 1 saturated heterocycles. The van der Waals surface area contributed by atoms with Crippen LogP contribution in [0.1, 0.15) is 34.2 Å². The van der Waals surface area contributed by atoms with Gasteiger partial charge < -0.3 is 14.4 Å². The van der Waals surface area contributed by atoms with E-state index in [1.165, 1.54) is 4.90 Å². The van der Waals surface area contributed by atoms with Crippen LogP contribution in [0, 0.1) is 6.92 Å². The maximum atomic E-state index is 12.8. The van der Waals surface area contributed by atoms with E-state index in [4.69, 9.17) is 9.47 Å². The monoisotopic (exact) mass is 422 g/mol. The van der Waals surface area contributed by atoms with E-state index >= 15 is 0 Å². The summed E-state index contributed by atoms with van der Waals surface area (Å²) in [5, 5.41) is 4.35. The number of imidazole rings is 1. The number of ether oxygens (including phenoxy) is 2. The fourth-order valence-electron chi connectivity index (χ4n) is 3.89. The smallest absolute Gasteiger partial charge is 0.290 e. The van der Waals surface area contributed by atoms with Crippen molar-refractivity contribution in [3.63, 3.8) is 0 Å². The van der Waals surface area contributed by atoms with E-state index in [1.807, 2.05) is 50.4 Å². The second-order valence-electron chi connectivity index (χ2n) is 7.68. The lowest BCUT2D eigenvalue weighted by molar-refractivity contribution is -0.921. The molecule has 0 atom stereocenters. The normalized spacial score (nSPS) is 15.3. The number of nitrogens with zero attached hydrogens (tertiary/aromatic N) is 3. The molecule has 1 aliphatic rings. The second-order valence-corrected chi connectivity index (χ2v) is 7.68. The Morgan fingerprint density at radius 3 is 2.87 bits per heavy atom. The Morgan fingerprint density at radius 2 is 2.10 bits per heavy atom. The number of hydrazone groups is 1. The predicted molar refractivity (Wildman–Crippen MR) is 118 cm³/mol. The summed E-state index contributed by atoms with van der Waals surface area (Å²) in [7, 11) is 1.69. The van der Waals surface area contributed by atoms with Crippen LogP contribution in [0.4, 0.5) is 0 Å². The third-order valence-corrected chi connectivity index (χ3v) is 5.58. The molecule has 2 aromatic heterocycles. The molecule has 0 radical (unpaired) electrons. The standard InChI is InChI=1S/C23H27N5O3/c1-16(25-26-23(29)22-17(2)24-21-6-4-5-9-28(21)22)18-7-8-20(30-3)19(14-18)15-27-10-12-31-13-11-27/h4-9,14H,10-13,15H2,1-3H3,(H,26,29)/p+1/b25-16-. The Balaban J connectivity index is 1.53. The first-order chi connectivity index (χ1) is 15.1. The van der Waals surface area contributed by atoms with Crippen molar-refractivity contribution >= 4 is 17.3 Å². The number of carbonyl (C=O) groups is 1. The highest BCUT2D eigenvalue weighted by molar-refractivity contribution is 6.01. The zero-order chi connectivity index (χ0) is 21.8. The molecular weight excluding hydrogens is 394 g/mol. The largest absolute Gasteiger partial charge is 0.496 e. The van der Waals surface area contributed by atoms with Gasteiger partial charge >= 0.3 is 0 Å². The summed E-state index contributed by atoms with van der Waals surface area (Å²) in [4.78, 5) is 18.7. The lowest BCUT2D eigenvalue weighted by Gasteiger charge is -2.24. The first kappa shape index (κ1) is 21.0. The zero-order valence-corrected chi connectivity index (χ0v) is 18.1. The topological polar surface area (TPSA) is 81.7 Å². The van der Waals surface area contributed by atoms with Crippen molar-refractivity contribution < 1.29 is 19.2 Å². The molecule has 0 bridgehead atoms. The number of carbonyl (C=O) groups excluding carboxylic acids is 1. The number of amides is 1. The number of hydrogen-bond acceptors (Lipinski definition) is 5.